The summed E-state index contributed by atoms with van der Waals surface area (Å²) in [6.45, 7) is 7.72. The van der Waals surface area contributed by atoms with Gasteiger partial charge in [0.15, 0.2) is 0 Å². The summed E-state index contributed by atoms with van der Waals surface area (Å²) in [5, 5.41) is 6.62. The quantitative estimate of drug-likeness (QED) is 0.504. The number of hydrazone groups is 1. The highest BCUT2D eigenvalue weighted by atomic mass is 16.5. The minimum Gasteiger partial charge on any atom is -0.497 e. The van der Waals surface area contributed by atoms with Crippen LogP contribution in [0.5, 0.6) is 5.75 Å². The number of rotatable bonds is 9. The average Bonchev–Trinajstić information content (AvgIpc) is 2.75. The lowest BCUT2D eigenvalue weighted by Gasteiger charge is -2.20. The molecule has 0 spiro atoms. The molecular formula is C22H28N4O3. The summed E-state index contributed by atoms with van der Waals surface area (Å²) in [5.41, 5.74) is 4.91. The van der Waals surface area contributed by atoms with Crippen molar-refractivity contribution in [3.63, 3.8) is 0 Å². The fourth-order valence-corrected chi connectivity index (χ4v) is 2.72. The van der Waals surface area contributed by atoms with Crippen molar-refractivity contribution in [3.8, 4) is 5.75 Å². The molecule has 2 amide bonds. The number of hydrogen-bond donors (Lipinski definition) is 2. The Morgan fingerprint density at radius 3 is 2.24 bits per heavy atom. The van der Waals surface area contributed by atoms with E-state index in [0.717, 1.165) is 24.3 Å². The van der Waals surface area contributed by atoms with Gasteiger partial charge in [0.2, 0.25) is 0 Å². The van der Waals surface area contributed by atoms with Gasteiger partial charge in [0, 0.05) is 24.3 Å². The first-order valence-electron chi connectivity index (χ1n) is 9.61. The third-order valence-corrected chi connectivity index (χ3v) is 4.50. The van der Waals surface area contributed by atoms with Crippen LogP contribution in [-0.4, -0.2) is 44.3 Å². The van der Waals surface area contributed by atoms with E-state index in [2.05, 4.69) is 34.6 Å². The molecule has 2 rings (SSSR count). The number of methoxy groups -OCH3 is 1. The summed E-state index contributed by atoms with van der Waals surface area (Å²) in [6.07, 6.45) is 1.57. The molecule has 154 valence electrons. The molecule has 7 heteroatoms. The topological polar surface area (TPSA) is 83.0 Å². The van der Waals surface area contributed by atoms with Crippen LogP contribution in [0.1, 0.15) is 36.7 Å². The van der Waals surface area contributed by atoms with Gasteiger partial charge in [0.1, 0.15) is 11.8 Å². The lowest BCUT2D eigenvalue weighted by atomic mass is 10.2. The van der Waals surface area contributed by atoms with Crippen molar-refractivity contribution in [1.82, 2.24) is 10.7 Å². The van der Waals surface area contributed by atoms with Crippen LogP contribution in [0.3, 0.4) is 0 Å². The average molecular weight is 396 g/mol. The molecule has 0 fully saturated rings. The van der Waals surface area contributed by atoms with Crippen LogP contribution in [-0.2, 0) is 4.79 Å². The number of ether oxygens (including phenoxy) is 1. The summed E-state index contributed by atoms with van der Waals surface area (Å²) in [4.78, 5) is 26.6. The second-order valence-corrected chi connectivity index (χ2v) is 6.42. The maximum Gasteiger partial charge on any atom is 0.262 e. The van der Waals surface area contributed by atoms with Crippen LogP contribution in [0.4, 0.5) is 5.69 Å². The van der Waals surface area contributed by atoms with Crippen molar-refractivity contribution in [2.45, 2.75) is 26.8 Å². The van der Waals surface area contributed by atoms with Gasteiger partial charge in [-0.1, -0.05) is 12.1 Å². The van der Waals surface area contributed by atoms with E-state index < -0.39 is 11.9 Å². The molecule has 7 nitrogen and oxygen atoms in total. The van der Waals surface area contributed by atoms with Gasteiger partial charge in [0.25, 0.3) is 11.8 Å². The fourth-order valence-electron chi connectivity index (χ4n) is 2.72. The molecule has 0 aliphatic heterocycles. The highest BCUT2D eigenvalue weighted by molar-refractivity contribution is 5.97. The lowest BCUT2D eigenvalue weighted by Crippen LogP contribution is -2.43. The van der Waals surface area contributed by atoms with E-state index >= 15 is 0 Å². The maximum absolute atomic E-state index is 12.2. The van der Waals surface area contributed by atoms with E-state index in [1.54, 1.807) is 44.5 Å². The smallest absolute Gasteiger partial charge is 0.262 e. The van der Waals surface area contributed by atoms with Crippen molar-refractivity contribution < 1.29 is 14.3 Å². The summed E-state index contributed by atoms with van der Waals surface area (Å²) >= 11 is 0. The Morgan fingerprint density at radius 2 is 1.69 bits per heavy atom. The van der Waals surface area contributed by atoms with Gasteiger partial charge in [-0.05, 0) is 62.7 Å². The van der Waals surface area contributed by atoms with Gasteiger partial charge in [0.05, 0.1) is 13.3 Å². The number of benzene rings is 2. The number of nitrogens with zero attached hydrogens (tertiary/aromatic N) is 2. The van der Waals surface area contributed by atoms with Gasteiger partial charge in [-0.15, -0.1) is 0 Å². The van der Waals surface area contributed by atoms with E-state index in [0.29, 0.717) is 11.3 Å². The molecule has 0 saturated heterocycles. The zero-order valence-corrected chi connectivity index (χ0v) is 17.3. The zero-order valence-electron chi connectivity index (χ0n) is 17.3. The first kappa shape index (κ1) is 21.9. The van der Waals surface area contributed by atoms with Gasteiger partial charge in [-0.25, -0.2) is 5.43 Å². The lowest BCUT2D eigenvalue weighted by molar-refractivity contribution is -0.122. The molecule has 0 aliphatic rings. The molecule has 0 heterocycles. The Bertz CT molecular complexity index is 828. The highest BCUT2D eigenvalue weighted by Crippen LogP contribution is 2.14. The van der Waals surface area contributed by atoms with Gasteiger partial charge >= 0.3 is 0 Å². The number of carbonyl (C=O) groups is 2. The van der Waals surface area contributed by atoms with Crippen LogP contribution in [0.25, 0.3) is 0 Å². The molecule has 0 bridgehead atoms. The fraction of sp³-hybridized carbons (Fsp3) is 0.318. The molecule has 1 unspecified atom stereocenters. The SMILES string of the molecule is CCN(CC)c1ccc(C=NNC(=O)C(C)NC(=O)c2ccc(OC)cc2)cc1. The van der Waals surface area contributed by atoms with Crippen LogP contribution in [0.15, 0.2) is 53.6 Å². The van der Waals surface area contributed by atoms with E-state index in [-0.39, 0.29) is 5.91 Å². The number of anilines is 1. The first-order chi connectivity index (χ1) is 14.0. The third-order valence-electron chi connectivity index (χ3n) is 4.50. The highest BCUT2D eigenvalue weighted by Gasteiger charge is 2.16. The van der Waals surface area contributed by atoms with Gasteiger partial charge < -0.3 is 15.0 Å². The summed E-state index contributed by atoms with van der Waals surface area (Å²) < 4.78 is 5.06. The maximum atomic E-state index is 12.2. The minimum absolute atomic E-state index is 0.341. The molecule has 1 atom stereocenters. The Kier molecular flexibility index (Phi) is 8.21. The standard InChI is InChI=1S/C22H28N4O3/c1-5-26(6-2)19-11-7-17(8-12-19)15-23-25-21(27)16(3)24-22(28)18-9-13-20(29-4)14-10-18/h7-16H,5-6H2,1-4H3,(H,24,28)(H,25,27). The van der Waals surface area contributed by atoms with Gasteiger partial charge in [-0.3, -0.25) is 9.59 Å². The van der Waals surface area contributed by atoms with Crippen molar-refractivity contribution >= 4 is 23.7 Å². The van der Waals surface area contributed by atoms with Crippen LogP contribution < -0.4 is 20.4 Å². The van der Waals surface area contributed by atoms with Crippen molar-refractivity contribution in [2.75, 3.05) is 25.1 Å². The first-order valence-corrected chi connectivity index (χ1v) is 9.61. The zero-order chi connectivity index (χ0) is 21.2. The van der Waals surface area contributed by atoms with E-state index in [4.69, 9.17) is 4.74 Å². The summed E-state index contributed by atoms with van der Waals surface area (Å²) in [7, 11) is 1.56. The van der Waals surface area contributed by atoms with Crippen molar-refractivity contribution in [2.24, 2.45) is 5.10 Å². The Morgan fingerprint density at radius 1 is 1.07 bits per heavy atom. The van der Waals surface area contributed by atoms with Crippen molar-refractivity contribution in [1.29, 1.82) is 0 Å². The predicted molar refractivity (Wildman–Crippen MR) is 116 cm³/mol. The molecule has 0 aliphatic carbocycles. The normalized spacial score (nSPS) is 11.7. The second kappa shape index (κ2) is 10.8. The molecular weight excluding hydrogens is 368 g/mol. The number of nitrogens with one attached hydrogen (secondary N) is 2. The molecule has 2 aromatic rings. The summed E-state index contributed by atoms with van der Waals surface area (Å²) in [6, 6.07) is 13.9. The Labute approximate surface area is 171 Å². The number of carbonyl (C=O) groups excluding carboxylic acids is 2. The monoisotopic (exact) mass is 396 g/mol. The third kappa shape index (κ3) is 6.34. The van der Waals surface area contributed by atoms with Gasteiger partial charge in [-0.2, -0.15) is 5.10 Å². The van der Waals surface area contributed by atoms with E-state index in [1.165, 1.54) is 0 Å². The van der Waals surface area contributed by atoms with E-state index in [1.807, 2.05) is 24.3 Å². The van der Waals surface area contributed by atoms with Crippen LogP contribution in [0, 0.1) is 0 Å². The van der Waals surface area contributed by atoms with Crippen molar-refractivity contribution in [3.05, 3.63) is 59.7 Å². The molecule has 2 aromatic carbocycles. The molecule has 0 radical (unpaired) electrons. The van der Waals surface area contributed by atoms with Crippen LogP contribution in [0.2, 0.25) is 0 Å². The van der Waals surface area contributed by atoms with Crippen LogP contribution >= 0.6 is 0 Å². The summed E-state index contributed by atoms with van der Waals surface area (Å²) in [5.74, 6) is -0.0824. The molecule has 0 aromatic heterocycles. The number of hydrogen-bond acceptors (Lipinski definition) is 5. The molecule has 29 heavy (non-hydrogen) atoms. The predicted octanol–water partition coefficient (Wildman–Crippen LogP) is 2.81. The molecule has 2 N–H and O–H groups in total. The Balaban J connectivity index is 1.86. The largest absolute Gasteiger partial charge is 0.497 e. The number of amides is 2. The second-order valence-electron chi connectivity index (χ2n) is 6.42. The Hall–Kier alpha value is -3.35. The van der Waals surface area contributed by atoms with E-state index in [9.17, 15) is 9.59 Å². The molecule has 0 saturated carbocycles. The minimum atomic E-state index is -0.730.